The lowest BCUT2D eigenvalue weighted by Gasteiger charge is -2.16. The molecule has 0 fully saturated rings. The molecule has 7 heteroatoms. The van der Waals surface area contributed by atoms with Crippen molar-refractivity contribution in [3.63, 3.8) is 0 Å². The lowest BCUT2D eigenvalue weighted by molar-refractivity contribution is 0.0942. The lowest BCUT2D eigenvalue weighted by Crippen LogP contribution is -2.14. The van der Waals surface area contributed by atoms with E-state index in [0.717, 1.165) is 0 Å². The second-order valence-electron chi connectivity index (χ2n) is 3.14. The van der Waals surface area contributed by atoms with Crippen molar-refractivity contribution in [3.8, 4) is 17.2 Å². The van der Waals surface area contributed by atoms with E-state index in [1.807, 2.05) is 0 Å². The zero-order chi connectivity index (χ0) is 12.4. The monoisotopic (exact) mass is 236 g/mol. The van der Waals surface area contributed by atoms with Gasteiger partial charge >= 0.3 is 0 Å². The molecular weight excluding hydrogens is 226 g/mol. The first-order chi connectivity index (χ1) is 8.22. The highest BCUT2D eigenvalue weighted by atomic mass is 16.5. The molecule has 2 rings (SSSR count). The minimum Gasteiger partial charge on any atom is -0.493 e. The highest BCUT2D eigenvalue weighted by Crippen LogP contribution is 2.47. The summed E-state index contributed by atoms with van der Waals surface area (Å²) in [6, 6.07) is 1.50. The first kappa shape index (κ1) is 11.2. The van der Waals surface area contributed by atoms with Gasteiger partial charge in [0.1, 0.15) is 5.69 Å². The summed E-state index contributed by atoms with van der Waals surface area (Å²) >= 11 is 0. The number of hydrogen-bond donors (Lipinski definition) is 0. The van der Waals surface area contributed by atoms with Gasteiger partial charge in [0, 0.05) is 0 Å². The van der Waals surface area contributed by atoms with Gasteiger partial charge in [-0.3, -0.25) is 4.79 Å². The van der Waals surface area contributed by atoms with E-state index in [4.69, 9.17) is 14.2 Å². The van der Waals surface area contributed by atoms with Crippen molar-refractivity contribution < 1.29 is 19.0 Å². The van der Waals surface area contributed by atoms with Gasteiger partial charge in [0.25, 0.3) is 5.91 Å². The zero-order valence-electron chi connectivity index (χ0n) is 9.55. The third-order valence-corrected chi connectivity index (χ3v) is 2.31. The van der Waals surface area contributed by atoms with Crippen LogP contribution in [0.5, 0.6) is 17.2 Å². The van der Waals surface area contributed by atoms with Crippen molar-refractivity contribution in [2.45, 2.75) is 0 Å². The molecule has 1 aromatic rings. The van der Waals surface area contributed by atoms with Crippen LogP contribution in [0.4, 0.5) is 5.69 Å². The maximum Gasteiger partial charge on any atom is 0.299 e. The molecule has 1 radical (unpaired) electrons. The Labute approximate surface area is 97.4 Å². The van der Waals surface area contributed by atoms with Crippen LogP contribution in [0.25, 0.3) is 0 Å². The van der Waals surface area contributed by atoms with E-state index in [1.54, 1.807) is 0 Å². The summed E-state index contributed by atoms with van der Waals surface area (Å²) in [6.07, 6.45) is 0. The van der Waals surface area contributed by atoms with Crippen molar-refractivity contribution >= 4 is 11.6 Å². The Morgan fingerprint density at radius 1 is 1.06 bits per heavy atom. The van der Waals surface area contributed by atoms with Crippen LogP contribution in [-0.4, -0.2) is 27.2 Å². The standard InChI is InChI=1S/C10H10N3O4/c1-15-6-4-5-7(11-13-12-10(5)14)9(17-3)8(6)16-2/h4H,1-3H3. The van der Waals surface area contributed by atoms with Gasteiger partial charge in [-0.2, -0.15) is 0 Å². The van der Waals surface area contributed by atoms with Crippen LogP contribution in [0.15, 0.2) is 16.4 Å². The van der Waals surface area contributed by atoms with Gasteiger partial charge in [-0.1, -0.05) is 5.43 Å². The molecule has 7 nitrogen and oxygen atoms in total. The van der Waals surface area contributed by atoms with E-state index in [2.05, 4.69) is 15.8 Å². The SMILES string of the molecule is COc1cc2c(c(OC)c1OC)N=N[N]C2=O. The molecule has 0 saturated carbocycles. The van der Waals surface area contributed by atoms with Crippen LogP contribution in [0.1, 0.15) is 10.4 Å². The van der Waals surface area contributed by atoms with Gasteiger partial charge in [-0.15, -0.1) is 5.11 Å². The van der Waals surface area contributed by atoms with Crippen molar-refractivity contribution in [1.29, 1.82) is 0 Å². The molecule has 1 amide bonds. The molecule has 0 unspecified atom stereocenters. The molecule has 0 saturated heterocycles. The second-order valence-corrected chi connectivity index (χ2v) is 3.14. The van der Waals surface area contributed by atoms with E-state index in [0.29, 0.717) is 22.9 Å². The van der Waals surface area contributed by atoms with Crippen LogP contribution in [0, 0.1) is 0 Å². The van der Waals surface area contributed by atoms with Crippen molar-refractivity contribution in [3.05, 3.63) is 11.6 Å². The third kappa shape index (κ3) is 1.65. The van der Waals surface area contributed by atoms with Crippen LogP contribution >= 0.6 is 0 Å². The normalized spacial score (nSPS) is 12.8. The van der Waals surface area contributed by atoms with Crippen molar-refractivity contribution in [1.82, 2.24) is 5.43 Å². The summed E-state index contributed by atoms with van der Waals surface area (Å²) in [4.78, 5) is 11.5. The Morgan fingerprint density at radius 2 is 1.76 bits per heavy atom. The summed E-state index contributed by atoms with van der Waals surface area (Å²) in [7, 11) is 4.39. The maximum absolute atomic E-state index is 11.5. The number of rotatable bonds is 3. The fourth-order valence-electron chi connectivity index (χ4n) is 1.56. The summed E-state index contributed by atoms with van der Waals surface area (Å²) in [5.74, 6) is 0.550. The molecule has 89 valence electrons. The smallest absolute Gasteiger partial charge is 0.299 e. The van der Waals surface area contributed by atoms with Crippen LogP contribution in [0.3, 0.4) is 0 Å². The predicted molar refractivity (Wildman–Crippen MR) is 57.1 cm³/mol. The largest absolute Gasteiger partial charge is 0.493 e. The molecule has 17 heavy (non-hydrogen) atoms. The summed E-state index contributed by atoms with van der Waals surface area (Å²) in [5.41, 5.74) is 3.91. The number of amides is 1. The number of ether oxygens (including phenoxy) is 3. The topological polar surface area (TPSA) is 83.6 Å². The van der Waals surface area contributed by atoms with Crippen molar-refractivity contribution in [2.75, 3.05) is 21.3 Å². The zero-order valence-corrected chi connectivity index (χ0v) is 9.55. The quantitative estimate of drug-likeness (QED) is 0.795. The molecule has 0 aromatic heterocycles. The Balaban J connectivity index is 2.74. The minimum absolute atomic E-state index is 0.273. The molecule has 0 bridgehead atoms. The molecule has 1 aromatic carbocycles. The highest BCUT2D eigenvalue weighted by Gasteiger charge is 2.27. The number of carbonyl (C=O) groups excluding carboxylic acids is 1. The predicted octanol–water partition coefficient (Wildman–Crippen LogP) is 1.47. The van der Waals surface area contributed by atoms with Gasteiger partial charge in [0.15, 0.2) is 11.5 Å². The van der Waals surface area contributed by atoms with E-state index in [9.17, 15) is 4.79 Å². The number of fused-ring (bicyclic) bond motifs is 1. The Kier molecular flexibility index (Phi) is 2.82. The minimum atomic E-state index is -0.491. The Bertz CT molecular complexity index is 499. The van der Waals surface area contributed by atoms with Gasteiger partial charge in [0.05, 0.1) is 26.9 Å². The molecule has 1 aliphatic rings. The molecule has 1 heterocycles. The second kappa shape index (κ2) is 4.28. The molecule has 1 aliphatic heterocycles. The van der Waals surface area contributed by atoms with Gasteiger partial charge < -0.3 is 14.2 Å². The van der Waals surface area contributed by atoms with Gasteiger partial charge in [-0.05, 0) is 11.3 Å². The van der Waals surface area contributed by atoms with E-state index in [-0.39, 0.29) is 5.56 Å². The van der Waals surface area contributed by atoms with Gasteiger partial charge in [0.2, 0.25) is 5.75 Å². The van der Waals surface area contributed by atoms with Gasteiger partial charge in [-0.25, -0.2) is 0 Å². The molecular formula is C10H10N3O4. The van der Waals surface area contributed by atoms with Crippen LogP contribution < -0.4 is 19.6 Å². The summed E-state index contributed by atoms with van der Waals surface area (Å²) < 4.78 is 15.5. The average molecular weight is 236 g/mol. The van der Waals surface area contributed by atoms with E-state index < -0.39 is 5.91 Å². The maximum atomic E-state index is 11.5. The Hall–Kier alpha value is -2.31. The van der Waals surface area contributed by atoms with Crippen molar-refractivity contribution in [2.24, 2.45) is 10.3 Å². The molecule has 0 spiro atoms. The fourth-order valence-corrected chi connectivity index (χ4v) is 1.56. The third-order valence-electron chi connectivity index (χ3n) is 2.31. The number of methoxy groups -OCH3 is 3. The van der Waals surface area contributed by atoms with E-state index >= 15 is 0 Å². The molecule has 0 aliphatic carbocycles. The highest BCUT2D eigenvalue weighted by molar-refractivity contribution is 6.02. The van der Waals surface area contributed by atoms with Crippen LogP contribution in [0.2, 0.25) is 0 Å². The summed E-state index contributed by atoms with van der Waals surface area (Å²) in [5, 5.41) is 7.14. The number of carbonyl (C=O) groups is 1. The Morgan fingerprint density at radius 3 is 2.35 bits per heavy atom. The summed E-state index contributed by atoms with van der Waals surface area (Å²) in [6.45, 7) is 0. The first-order valence-electron chi connectivity index (χ1n) is 4.72. The van der Waals surface area contributed by atoms with E-state index in [1.165, 1.54) is 27.4 Å². The number of nitrogens with zero attached hydrogens (tertiary/aromatic N) is 3. The number of hydrogen-bond acceptors (Lipinski definition) is 6. The molecule has 0 N–H and O–H groups in total. The molecule has 0 atom stereocenters. The average Bonchev–Trinajstić information content (AvgIpc) is 2.36. The lowest BCUT2D eigenvalue weighted by atomic mass is 10.1. The fraction of sp³-hybridized carbons (Fsp3) is 0.300. The first-order valence-corrected chi connectivity index (χ1v) is 4.72. The number of benzene rings is 1. The van der Waals surface area contributed by atoms with Crippen LogP contribution in [-0.2, 0) is 0 Å².